The van der Waals surface area contributed by atoms with Gasteiger partial charge in [-0.3, -0.25) is 9.78 Å². The summed E-state index contributed by atoms with van der Waals surface area (Å²) in [5.41, 5.74) is 4.26. The Labute approximate surface area is 231 Å². The van der Waals surface area contributed by atoms with Crippen molar-refractivity contribution in [2.45, 2.75) is 51.5 Å². The second kappa shape index (κ2) is 9.67. The minimum absolute atomic E-state index is 0.0416. The number of aryl methyl sites for hydroxylation is 2. The van der Waals surface area contributed by atoms with Crippen LogP contribution in [0.3, 0.4) is 0 Å². The van der Waals surface area contributed by atoms with Crippen LogP contribution in [-0.4, -0.2) is 64.8 Å². The minimum atomic E-state index is 0.0416. The maximum absolute atomic E-state index is 14.0. The second-order valence-corrected chi connectivity index (χ2v) is 12.1. The van der Waals surface area contributed by atoms with Crippen molar-refractivity contribution in [2.75, 3.05) is 38.8 Å². The Morgan fingerprint density at radius 1 is 1.13 bits per heavy atom. The van der Waals surface area contributed by atoms with Crippen LogP contribution >= 0.6 is 11.3 Å². The second-order valence-electron chi connectivity index (χ2n) is 11.0. The highest BCUT2D eigenvalue weighted by molar-refractivity contribution is 7.23. The lowest BCUT2D eigenvalue weighted by Crippen LogP contribution is -2.22. The zero-order valence-corrected chi connectivity index (χ0v) is 23.4. The normalized spacial score (nSPS) is 19.2. The summed E-state index contributed by atoms with van der Waals surface area (Å²) >= 11 is 1.66. The van der Waals surface area contributed by atoms with Crippen LogP contribution in [0.4, 0.5) is 5.82 Å². The molecular weight excluding hydrogens is 512 g/mol. The molecule has 39 heavy (non-hydrogen) atoms. The molecule has 7 rings (SSSR count). The molecule has 0 aromatic carbocycles. The number of hydrogen-bond donors (Lipinski definition) is 0. The van der Waals surface area contributed by atoms with Crippen LogP contribution < -0.4 is 4.90 Å². The predicted octanol–water partition coefficient (Wildman–Crippen LogP) is 5.43. The average Bonchev–Trinajstić information content (AvgIpc) is 3.73. The molecule has 3 aliphatic heterocycles. The Morgan fingerprint density at radius 2 is 1.97 bits per heavy atom. The number of nitrogens with zero attached hydrogens (tertiary/aromatic N) is 6. The third-order valence-corrected chi connectivity index (χ3v) is 9.46. The van der Waals surface area contributed by atoms with Crippen molar-refractivity contribution in [2.24, 2.45) is 5.92 Å². The Morgan fingerprint density at radius 3 is 2.74 bits per heavy atom. The average molecular weight is 545 g/mol. The summed E-state index contributed by atoms with van der Waals surface area (Å²) in [4.78, 5) is 28.9. The molecule has 3 aliphatic rings. The van der Waals surface area contributed by atoms with Crippen molar-refractivity contribution >= 4 is 33.1 Å². The van der Waals surface area contributed by atoms with Crippen LogP contribution in [0.15, 0.2) is 22.7 Å². The van der Waals surface area contributed by atoms with Crippen LogP contribution in [0.1, 0.15) is 65.8 Å². The fourth-order valence-corrected chi connectivity index (χ4v) is 7.66. The molecule has 202 valence electrons. The Kier molecular flexibility index (Phi) is 6.12. The number of carbonyl (C=O) groups excluding carboxylic acids is 1. The number of anilines is 1. The van der Waals surface area contributed by atoms with E-state index in [-0.39, 0.29) is 11.9 Å². The quantitative estimate of drug-likeness (QED) is 0.317. The number of pyridine rings is 2. The van der Waals surface area contributed by atoms with Crippen molar-refractivity contribution in [1.82, 2.24) is 25.1 Å². The van der Waals surface area contributed by atoms with Crippen molar-refractivity contribution in [3.63, 3.8) is 0 Å². The first-order valence-electron chi connectivity index (χ1n) is 13.8. The molecule has 0 radical (unpaired) electrons. The number of aromatic nitrogens is 4. The van der Waals surface area contributed by atoms with Gasteiger partial charge in [0.05, 0.1) is 33.3 Å². The molecule has 1 unspecified atom stereocenters. The summed E-state index contributed by atoms with van der Waals surface area (Å²) in [5, 5.41) is 9.73. The van der Waals surface area contributed by atoms with Gasteiger partial charge in [-0.1, -0.05) is 0 Å². The first-order chi connectivity index (χ1) is 19.0. The predicted molar refractivity (Wildman–Crippen MR) is 150 cm³/mol. The number of hydrogen-bond acceptors (Lipinski definition) is 9. The third kappa shape index (κ3) is 4.12. The third-order valence-electron chi connectivity index (χ3n) is 8.30. The molecule has 0 bridgehead atoms. The molecule has 0 saturated carbocycles. The minimum Gasteiger partial charge on any atom is -0.421 e. The van der Waals surface area contributed by atoms with Crippen molar-refractivity contribution in [3.05, 3.63) is 41.2 Å². The fraction of sp³-hybridized carbons (Fsp3) is 0.483. The highest BCUT2D eigenvalue weighted by atomic mass is 32.1. The van der Waals surface area contributed by atoms with Gasteiger partial charge in [-0.05, 0) is 62.0 Å². The van der Waals surface area contributed by atoms with Crippen molar-refractivity contribution in [3.8, 4) is 21.9 Å². The van der Waals surface area contributed by atoms with Gasteiger partial charge in [-0.15, -0.1) is 21.5 Å². The molecule has 2 saturated heterocycles. The summed E-state index contributed by atoms with van der Waals surface area (Å²) in [6, 6.07) is 4.25. The van der Waals surface area contributed by atoms with Crippen LogP contribution in [0, 0.1) is 12.8 Å². The van der Waals surface area contributed by atoms with E-state index < -0.39 is 0 Å². The monoisotopic (exact) mass is 544 g/mol. The zero-order valence-electron chi connectivity index (χ0n) is 22.6. The lowest BCUT2D eigenvalue weighted by atomic mass is 9.90. The molecule has 9 nitrogen and oxygen atoms in total. The molecule has 0 spiro atoms. The molecular formula is C29H32N6O3S. The molecule has 7 heterocycles. The van der Waals surface area contributed by atoms with Gasteiger partial charge in [-0.25, -0.2) is 4.98 Å². The highest BCUT2D eigenvalue weighted by Gasteiger charge is 2.45. The molecule has 10 heteroatoms. The number of fused-ring (bicyclic) bond motifs is 4. The van der Waals surface area contributed by atoms with Crippen molar-refractivity contribution in [1.29, 1.82) is 0 Å². The lowest BCUT2D eigenvalue weighted by Gasteiger charge is -2.22. The van der Waals surface area contributed by atoms with Gasteiger partial charge < -0.3 is 19.0 Å². The van der Waals surface area contributed by atoms with Gasteiger partial charge in [0.25, 0.3) is 5.91 Å². The molecule has 0 N–H and O–H groups in total. The van der Waals surface area contributed by atoms with E-state index in [1.165, 1.54) is 0 Å². The Bertz CT molecular complexity index is 1570. The van der Waals surface area contributed by atoms with Gasteiger partial charge in [0.15, 0.2) is 0 Å². The van der Waals surface area contributed by atoms with Gasteiger partial charge in [0.1, 0.15) is 5.82 Å². The fourth-order valence-electron chi connectivity index (χ4n) is 6.37. The lowest BCUT2D eigenvalue weighted by molar-refractivity contribution is 0.0639. The van der Waals surface area contributed by atoms with E-state index >= 15 is 0 Å². The molecule has 1 atom stereocenters. The van der Waals surface area contributed by atoms with E-state index in [1.807, 2.05) is 36.2 Å². The van der Waals surface area contributed by atoms with E-state index in [9.17, 15) is 4.79 Å². The van der Waals surface area contributed by atoms with Gasteiger partial charge in [-0.2, -0.15) is 0 Å². The van der Waals surface area contributed by atoms with E-state index in [0.717, 1.165) is 102 Å². The Hall–Kier alpha value is -3.37. The van der Waals surface area contributed by atoms with Crippen LogP contribution in [0.5, 0.6) is 0 Å². The summed E-state index contributed by atoms with van der Waals surface area (Å²) in [6.45, 7) is 4.21. The number of amides is 1. The number of ether oxygens (including phenoxy) is 1. The maximum Gasteiger partial charge on any atom is 0.257 e. The number of carbonyl (C=O) groups is 1. The topological polar surface area (TPSA) is 97.5 Å². The maximum atomic E-state index is 14.0. The van der Waals surface area contributed by atoms with Gasteiger partial charge in [0, 0.05) is 57.4 Å². The Balaban J connectivity index is 1.47. The molecule has 0 aliphatic carbocycles. The van der Waals surface area contributed by atoms with E-state index in [1.54, 1.807) is 18.3 Å². The van der Waals surface area contributed by atoms with Crippen LogP contribution in [0.25, 0.3) is 32.0 Å². The van der Waals surface area contributed by atoms with E-state index in [2.05, 4.69) is 21.2 Å². The first-order valence-corrected chi connectivity index (χ1v) is 14.6. The SMILES string of the molecule is Cc1nnc(-c2c(CCC3CCOCC3)nc3c(c2-c2cc4ccnc(N(C)C)c4s2)C(=O)N2CCCC32)o1. The van der Waals surface area contributed by atoms with E-state index in [4.69, 9.17) is 14.1 Å². The highest BCUT2D eigenvalue weighted by Crippen LogP contribution is 2.50. The summed E-state index contributed by atoms with van der Waals surface area (Å²) in [6.07, 6.45) is 7.74. The molecule has 2 fully saturated rings. The van der Waals surface area contributed by atoms with Crippen molar-refractivity contribution < 1.29 is 13.9 Å². The first kappa shape index (κ1) is 24.7. The number of thiophene rings is 1. The van der Waals surface area contributed by atoms with Crippen LogP contribution in [-0.2, 0) is 11.2 Å². The standard InChI is InChI=1S/C29H32N6O3S/c1-16-32-33-28(38-16)22-19(7-6-17-9-13-37-14-10-17)31-25-20-5-4-12-35(20)29(36)24(25)23(22)21-15-18-8-11-30-27(34(2)3)26(18)39-21/h8,11,15,17,20H,4-7,9-10,12-14H2,1-3H3. The van der Waals surface area contributed by atoms with Gasteiger partial charge in [0.2, 0.25) is 11.8 Å². The molecule has 1 amide bonds. The summed E-state index contributed by atoms with van der Waals surface area (Å²) in [5.74, 6) is 2.50. The zero-order chi connectivity index (χ0) is 26.7. The number of rotatable bonds is 6. The smallest absolute Gasteiger partial charge is 0.257 e. The summed E-state index contributed by atoms with van der Waals surface area (Å²) in [7, 11) is 4.01. The molecule has 4 aromatic heterocycles. The summed E-state index contributed by atoms with van der Waals surface area (Å²) < 4.78 is 12.8. The molecule has 4 aromatic rings. The van der Waals surface area contributed by atoms with E-state index in [0.29, 0.717) is 23.3 Å². The largest absolute Gasteiger partial charge is 0.421 e. The van der Waals surface area contributed by atoms with Crippen LogP contribution in [0.2, 0.25) is 0 Å². The van der Waals surface area contributed by atoms with Gasteiger partial charge >= 0.3 is 0 Å².